The van der Waals surface area contributed by atoms with E-state index < -0.39 is 4.92 Å². The highest BCUT2D eigenvalue weighted by atomic mass is 16.6. The summed E-state index contributed by atoms with van der Waals surface area (Å²) in [5.74, 6) is 0. The van der Waals surface area contributed by atoms with E-state index in [4.69, 9.17) is 0 Å². The fourth-order valence-electron chi connectivity index (χ4n) is 2.31. The molecule has 1 unspecified atom stereocenters. The molecule has 2 rings (SSSR count). The molecule has 0 amide bonds. The number of azo groups is 1. The Morgan fingerprint density at radius 2 is 1.58 bits per heavy atom. The monoisotopic (exact) mass is 328 g/mol. The number of aliphatic hydroxyl groups excluding tert-OH is 1. The number of nitrogens with zero attached hydrogens (tertiary/aromatic N) is 4. The number of nitro groups is 1. The van der Waals surface area contributed by atoms with Crippen molar-refractivity contribution >= 4 is 22.7 Å². The summed E-state index contributed by atoms with van der Waals surface area (Å²) in [5.41, 5.74) is 2.27. The molecule has 24 heavy (non-hydrogen) atoms. The van der Waals surface area contributed by atoms with E-state index in [0.29, 0.717) is 11.4 Å². The minimum absolute atomic E-state index is 0.0240. The zero-order valence-corrected chi connectivity index (χ0v) is 13.7. The molecule has 0 aliphatic heterocycles. The van der Waals surface area contributed by atoms with Crippen molar-refractivity contribution in [1.29, 1.82) is 0 Å². The van der Waals surface area contributed by atoms with Crippen LogP contribution in [0.15, 0.2) is 58.8 Å². The molecule has 0 saturated heterocycles. The first-order valence-corrected chi connectivity index (χ1v) is 7.69. The standard InChI is InChI=1S/C17H20N4O3/c1-3-20(13(2)12-22)16-8-4-14(5-9-16)18-19-15-6-10-17(11-7-15)21(23)24/h4-11,13,22H,3,12H2,1-2H3. The summed E-state index contributed by atoms with van der Waals surface area (Å²) in [6, 6.07) is 13.5. The van der Waals surface area contributed by atoms with Gasteiger partial charge >= 0.3 is 0 Å². The number of hydrogen-bond donors (Lipinski definition) is 1. The maximum Gasteiger partial charge on any atom is 0.269 e. The average molecular weight is 328 g/mol. The minimum atomic E-state index is -0.452. The molecule has 2 aromatic carbocycles. The van der Waals surface area contributed by atoms with E-state index in [-0.39, 0.29) is 18.3 Å². The summed E-state index contributed by atoms with van der Waals surface area (Å²) >= 11 is 0. The first-order chi connectivity index (χ1) is 11.5. The number of aliphatic hydroxyl groups is 1. The molecule has 126 valence electrons. The predicted octanol–water partition coefficient (Wildman–Crippen LogP) is 4.22. The van der Waals surface area contributed by atoms with Crippen LogP contribution in [-0.2, 0) is 0 Å². The maximum absolute atomic E-state index is 10.6. The van der Waals surface area contributed by atoms with E-state index in [1.54, 1.807) is 12.1 Å². The molecule has 0 aliphatic rings. The number of hydrogen-bond acceptors (Lipinski definition) is 6. The van der Waals surface area contributed by atoms with Gasteiger partial charge in [0, 0.05) is 30.4 Å². The third kappa shape index (κ3) is 4.36. The van der Waals surface area contributed by atoms with Crippen molar-refractivity contribution in [3.8, 4) is 0 Å². The van der Waals surface area contributed by atoms with E-state index in [2.05, 4.69) is 15.1 Å². The highest BCUT2D eigenvalue weighted by Crippen LogP contribution is 2.24. The van der Waals surface area contributed by atoms with Gasteiger partial charge in [-0.2, -0.15) is 10.2 Å². The first kappa shape index (κ1) is 17.6. The quantitative estimate of drug-likeness (QED) is 0.468. The van der Waals surface area contributed by atoms with Gasteiger partial charge in [0.15, 0.2) is 0 Å². The van der Waals surface area contributed by atoms with Crippen LogP contribution in [0.3, 0.4) is 0 Å². The van der Waals surface area contributed by atoms with Gasteiger partial charge in [-0.3, -0.25) is 10.1 Å². The van der Waals surface area contributed by atoms with Gasteiger partial charge < -0.3 is 10.0 Å². The first-order valence-electron chi connectivity index (χ1n) is 7.69. The van der Waals surface area contributed by atoms with Crippen LogP contribution >= 0.6 is 0 Å². The Kier molecular flexibility index (Phi) is 5.97. The molecule has 0 spiro atoms. The van der Waals surface area contributed by atoms with Crippen molar-refractivity contribution in [3.05, 3.63) is 58.6 Å². The summed E-state index contributed by atoms with van der Waals surface area (Å²) in [7, 11) is 0. The SMILES string of the molecule is CCN(c1ccc(N=Nc2ccc([N+](=O)[O-])cc2)cc1)C(C)CO. The van der Waals surface area contributed by atoms with E-state index in [1.807, 2.05) is 38.1 Å². The Hall–Kier alpha value is -2.80. The Balaban J connectivity index is 2.09. The molecular weight excluding hydrogens is 308 g/mol. The number of rotatable bonds is 7. The normalized spacial score (nSPS) is 12.3. The minimum Gasteiger partial charge on any atom is -0.394 e. The van der Waals surface area contributed by atoms with Crippen LogP contribution < -0.4 is 4.90 Å². The lowest BCUT2D eigenvalue weighted by atomic mass is 10.2. The van der Waals surface area contributed by atoms with Crippen molar-refractivity contribution < 1.29 is 10.0 Å². The molecule has 0 fully saturated rings. The van der Waals surface area contributed by atoms with E-state index >= 15 is 0 Å². The summed E-state index contributed by atoms with van der Waals surface area (Å²) in [4.78, 5) is 12.2. The van der Waals surface area contributed by atoms with Gasteiger partial charge in [-0.15, -0.1) is 0 Å². The fourth-order valence-corrected chi connectivity index (χ4v) is 2.31. The second-order valence-corrected chi connectivity index (χ2v) is 5.31. The maximum atomic E-state index is 10.6. The molecule has 0 aromatic heterocycles. The Bertz CT molecular complexity index is 699. The molecule has 0 radical (unpaired) electrons. The number of non-ortho nitro benzene ring substituents is 1. The van der Waals surface area contributed by atoms with E-state index in [9.17, 15) is 15.2 Å². The predicted molar refractivity (Wildman–Crippen MR) is 93.3 cm³/mol. The van der Waals surface area contributed by atoms with Crippen LogP contribution in [-0.4, -0.2) is 29.2 Å². The number of benzene rings is 2. The molecule has 1 N–H and O–H groups in total. The van der Waals surface area contributed by atoms with Crippen molar-refractivity contribution in [2.75, 3.05) is 18.1 Å². The van der Waals surface area contributed by atoms with Gasteiger partial charge in [-0.25, -0.2) is 0 Å². The molecule has 0 heterocycles. The zero-order chi connectivity index (χ0) is 17.5. The molecule has 7 nitrogen and oxygen atoms in total. The lowest BCUT2D eigenvalue weighted by Gasteiger charge is -2.28. The lowest BCUT2D eigenvalue weighted by Crippen LogP contribution is -2.35. The second-order valence-electron chi connectivity index (χ2n) is 5.31. The number of nitro benzene ring substituents is 1. The largest absolute Gasteiger partial charge is 0.394 e. The van der Waals surface area contributed by atoms with E-state index in [0.717, 1.165) is 12.2 Å². The van der Waals surface area contributed by atoms with E-state index in [1.165, 1.54) is 12.1 Å². The molecule has 0 bridgehead atoms. The van der Waals surface area contributed by atoms with Crippen LogP contribution in [0.1, 0.15) is 13.8 Å². The summed E-state index contributed by atoms with van der Waals surface area (Å²) in [6.07, 6.45) is 0. The summed E-state index contributed by atoms with van der Waals surface area (Å²) in [5, 5.41) is 28.1. The Morgan fingerprint density at radius 1 is 1.08 bits per heavy atom. The van der Waals surface area contributed by atoms with Gasteiger partial charge in [0.2, 0.25) is 0 Å². The van der Waals surface area contributed by atoms with Crippen molar-refractivity contribution in [1.82, 2.24) is 0 Å². The third-order valence-electron chi connectivity index (χ3n) is 3.66. The highest BCUT2D eigenvalue weighted by Gasteiger charge is 2.11. The van der Waals surface area contributed by atoms with Crippen LogP contribution in [0.4, 0.5) is 22.7 Å². The topological polar surface area (TPSA) is 91.3 Å². The van der Waals surface area contributed by atoms with Crippen LogP contribution in [0.2, 0.25) is 0 Å². The average Bonchev–Trinajstić information content (AvgIpc) is 2.61. The van der Waals surface area contributed by atoms with Crippen molar-refractivity contribution in [2.45, 2.75) is 19.9 Å². The van der Waals surface area contributed by atoms with Gasteiger partial charge in [0.1, 0.15) is 0 Å². The van der Waals surface area contributed by atoms with Gasteiger partial charge in [-0.05, 0) is 50.2 Å². The Morgan fingerprint density at radius 3 is 2.00 bits per heavy atom. The fraction of sp³-hybridized carbons (Fsp3) is 0.294. The van der Waals surface area contributed by atoms with Crippen molar-refractivity contribution in [2.24, 2.45) is 10.2 Å². The van der Waals surface area contributed by atoms with Gasteiger partial charge in [0.25, 0.3) is 5.69 Å². The summed E-state index contributed by atoms with van der Waals surface area (Å²) in [6.45, 7) is 4.89. The Labute approximate surface area is 140 Å². The molecular formula is C17H20N4O3. The van der Waals surface area contributed by atoms with Crippen LogP contribution in [0.5, 0.6) is 0 Å². The molecule has 0 aliphatic carbocycles. The lowest BCUT2D eigenvalue weighted by molar-refractivity contribution is -0.384. The molecule has 7 heteroatoms. The molecule has 0 saturated carbocycles. The highest BCUT2D eigenvalue weighted by molar-refractivity contribution is 5.53. The summed E-state index contributed by atoms with van der Waals surface area (Å²) < 4.78 is 0. The van der Waals surface area contributed by atoms with Crippen molar-refractivity contribution in [3.63, 3.8) is 0 Å². The molecule has 2 aromatic rings. The third-order valence-corrected chi connectivity index (χ3v) is 3.66. The number of anilines is 1. The van der Waals surface area contributed by atoms with Gasteiger partial charge in [0.05, 0.1) is 22.9 Å². The number of likely N-dealkylation sites (N-methyl/N-ethyl adjacent to an activating group) is 1. The molecule has 1 atom stereocenters. The van der Waals surface area contributed by atoms with Crippen LogP contribution in [0.25, 0.3) is 0 Å². The smallest absolute Gasteiger partial charge is 0.269 e. The van der Waals surface area contributed by atoms with Gasteiger partial charge in [-0.1, -0.05) is 0 Å². The zero-order valence-electron chi connectivity index (χ0n) is 13.7. The second kappa shape index (κ2) is 8.16. The van der Waals surface area contributed by atoms with Crippen LogP contribution in [0, 0.1) is 10.1 Å².